The van der Waals surface area contributed by atoms with Crippen molar-refractivity contribution in [1.82, 2.24) is 10.6 Å². The van der Waals surface area contributed by atoms with E-state index in [1.54, 1.807) is 6.92 Å². The number of carbonyl (C=O) groups is 3. The van der Waals surface area contributed by atoms with Gasteiger partial charge in [0, 0.05) is 11.6 Å². The Morgan fingerprint density at radius 2 is 1.84 bits per heavy atom. The van der Waals surface area contributed by atoms with Gasteiger partial charge >= 0.3 is 12.0 Å². The molecule has 0 fully saturated rings. The van der Waals surface area contributed by atoms with Gasteiger partial charge < -0.3 is 10.1 Å². The molecule has 1 aromatic rings. The molecule has 6 nitrogen and oxygen atoms in total. The zero-order valence-corrected chi connectivity index (χ0v) is 11.0. The van der Waals surface area contributed by atoms with E-state index < -0.39 is 24.5 Å². The lowest BCUT2D eigenvalue weighted by Gasteiger charge is -2.06. The van der Waals surface area contributed by atoms with E-state index in [0.29, 0.717) is 11.6 Å². The van der Waals surface area contributed by atoms with Crippen molar-refractivity contribution in [1.29, 1.82) is 0 Å². The summed E-state index contributed by atoms with van der Waals surface area (Å²) in [6, 6.07) is 5.40. The first-order chi connectivity index (χ1) is 9.02. The van der Waals surface area contributed by atoms with Crippen LogP contribution in [-0.2, 0) is 9.53 Å². The fourth-order valence-electron chi connectivity index (χ4n) is 1.17. The molecule has 2 N–H and O–H groups in total. The normalized spacial score (nSPS) is 9.58. The minimum atomic E-state index is -0.701. The molecule has 0 bridgehead atoms. The van der Waals surface area contributed by atoms with Gasteiger partial charge in [0.15, 0.2) is 6.61 Å². The van der Waals surface area contributed by atoms with Crippen LogP contribution in [0.4, 0.5) is 4.79 Å². The van der Waals surface area contributed by atoms with Crippen LogP contribution >= 0.6 is 11.6 Å². The number of urea groups is 1. The molecule has 0 saturated heterocycles. The molecule has 0 atom stereocenters. The largest absolute Gasteiger partial charge is 0.452 e. The van der Waals surface area contributed by atoms with E-state index in [0.717, 1.165) is 0 Å². The van der Waals surface area contributed by atoms with E-state index >= 15 is 0 Å². The van der Waals surface area contributed by atoms with Crippen LogP contribution in [0.25, 0.3) is 0 Å². The highest BCUT2D eigenvalue weighted by molar-refractivity contribution is 6.30. The monoisotopic (exact) mass is 284 g/mol. The van der Waals surface area contributed by atoms with Gasteiger partial charge in [-0.15, -0.1) is 0 Å². The van der Waals surface area contributed by atoms with Crippen LogP contribution in [0, 0.1) is 0 Å². The highest BCUT2D eigenvalue weighted by atomic mass is 35.5. The zero-order valence-electron chi connectivity index (χ0n) is 10.2. The molecule has 0 radical (unpaired) electrons. The van der Waals surface area contributed by atoms with Gasteiger partial charge in [0.25, 0.3) is 5.91 Å². The van der Waals surface area contributed by atoms with Gasteiger partial charge in [-0.1, -0.05) is 11.6 Å². The Balaban J connectivity index is 2.40. The average Bonchev–Trinajstić information content (AvgIpc) is 2.37. The molecular formula is C12H13ClN2O4. The lowest BCUT2D eigenvalue weighted by molar-refractivity contribution is -0.123. The average molecular weight is 285 g/mol. The van der Waals surface area contributed by atoms with Gasteiger partial charge in [-0.3, -0.25) is 10.1 Å². The minimum absolute atomic E-state index is 0.273. The second kappa shape index (κ2) is 7.38. The van der Waals surface area contributed by atoms with Gasteiger partial charge in [-0.25, -0.2) is 9.59 Å². The highest BCUT2D eigenvalue weighted by Crippen LogP contribution is 2.10. The summed E-state index contributed by atoms with van der Waals surface area (Å²) in [4.78, 5) is 33.8. The number of hydrogen-bond donors (Lipinski definition) is 2. The van der Waals surface area contributed by atoms with Crippen molar-refractivity contribution in [3.8, 4) is 0 Å². The number of ether oxygens (including phenoxy) is 1. The standard InChI is InChI=1S/C12H13ClN2O4/c1-2-14-12(18)15-10(16)7-19-11(17)8-3-5-9(13)6-4-8/h3-6H,2,7H2,1H3,(H2,14,15,16,18). The fraction of sp³-hybridized carbons (Fsp3) is 0.250. The zero-order chi connectivity index (χ0) is 14.3. The van der Waals surface area contributed by atoms with Crippen LogP contribution in [0.5, 0.6) is 0 Å². The topological polar surface area (TPSA) is 84.5 Å². The lowest BCUT2D eigenvalue weighted by atomic mass is 10.2. The first-order valence-electron chi connectivity index (χ1n) is 5.53. The van der Waals surface area contributed by atoms with Crippen LogP contribution in [-0.4, -0.2) is 31.1 Å². The predicted molar refractivity (Wildman–Crippen MR) is 68.9 cm³/mol. The Morgan fingerprint density at radius 3 is 2.42 bits per heavy atom. The van der Waals surface area contributed by atoms with E-state index in [2.05, 4.69) is 5.32 Å². The second-order valence-corrected chi connectivity index (χ2v) is 3.93. The third-order valence-corrected chi connectivity index (χ3v) is 2.26. The van der Waals surface area contributed by atoms with Gasteiger partial charge in [0.05, 0.1) is 5.56 Å². The summed E-state index contributed by atoms with van der Waals surface area (Å²) in [5, 5.41) is 4.88. The molecule has 0 aliphatic heterocycles. The van der Waals surface area contributed by atoms with E-state index in [-0.39, 0.29) is 5.56 Å². The van der Waals surface area contributed by atoms with Crippen molar-refractivity contribution in [3.63, 3.8) is 0 Å². The van der Waals surface area contributed by atoms with Crippen molar-refractivity contribution >= 4 is 29.5 Å². The first-order valence-corrected chi connectivity index (χ1v) is 5.91. The number of amides is 3. The van der Waals surface area contributed by atoms with Crippen molar-refractivity contribution in [3.05, 3.63) is 34.9 Å². The fourth-order valence-corrected chi connectivity index (χ4v) is 1.29. The molecule has 19 heavy (non-hydrogen) atoms. The first kappa shape index (κ1) is 15.0. The molecule has 3 amide bonds. The molecule has 0 saturated carbocycles. The summed E-state index contributed by atoms with van der Waals surface area (Å²) >= 11 is 5.67. The number of rotatable bonds is 4. The summed E-state index contributed by atoms with van der Waals surface area (Å²) in [6.45, 7) is 1.58. The summed E-state index contributed by atoms with van der Waals surface area (Å²) in [6.07, 6.45) is 0. The van der Waals surface area contributed by atoms with Crippen molar-refractivity contribution in [2.75, 3.05) is 13.2 Å². The van der Waals surface area contributed by atoms with Crippen LogP contribution < -0.4 is 10.6 Å². The van der Waals surface area contributed by atoms with Crippen LogP contribution in [0.15, 0.2) is 24.3 Å². The van der Waals surface area contributed by atoms with Gasteiger partial charge in [0.1, 0.15) is 0 Å². The third-order valence-electron chi connectivity index (χ3n) is 2.00. The van der Waals surface area contributed by atoms with E-state index in [4.69, 9.17) is 16.3 Å². The maximum Gasteiger partial charge on any atom is 0.338 e. The predicted octanol–water partition coefficient (Wildman–Crippen LogP) is 1.34. The smallest absolute Gasteiger partial charge is 0.338 e. The molecule has 0 aliphatic rings. The van der Waals surface area contributed by atoms with Crippen LogP contribution in [0.1, 0.15) is 17.3 Å². The Morgan fingerprint density at radius 1 is 1.21 bits per heavy atom. The van der Waals surface area contributed by atoms with E-state index in [9.17, 15) is 14.4 Å². The van der Waals surface area contributed by atoms with Crippen molar-refractivity contribution < 1.29 is 19.1 Å². The summed E-state index contributed by atoms with van der Waals surface area (Å²) in [7, 11) is 0. The molecule has 7 heteroatoms. The van der Waals surface area contributed by atoms with E-state index in [1.165, 1.54) is 24.3 Å². The quantitative estimate of drug-likeness (QED) is 0.817. The molecule has 0 unspecified atom stereocenters. The van der Waals surface area contributed by atoms with Gasteiger partial charge in [0.2, 0.25) is 0 Å². The number of hydrogen-bond acceptors (Lipinski definition) is 4. The van der Waals surface area contributed by atoms with Crippen molar-refractivity contribution in [2.24, 2.45) is 0 Å². The number of nitrogens with one attached hydrogen (secondary N) is 2. The molecule has 0 heterocycles. The summed E-state index contributed by atoms with van der Waals surface area (Å²) < 4.78 is 4.73. The van der Waals surface area contributed by atoms with Crippen LogP contribution in [0.3, 0.4) is 0 Å². The Hall–Kier alpha value is -2.08. The molecule has 1 aromatic carbocycles. The Labute approximate surface area is 115 Å². The number of benzene rings is 1. The summed E-state index contributed by atoms with van der Waals surface area (Å²) in [5.74, 6) is -1.36. The SMILES string of the molecule is CCNC(=O)NC(=O)COC(=O)c1ccc(Cl)cc1. The van der Waals surface area contributed by atoms with E-state index in [1.807, 2.05) is 5.32 Å². The van der Waals surface area contributed by atoms with Gasteiger partial charge in [-0.05, 0) is 31.2 Å². The van der Waals surface area contributed by atoms with Crippen molar-refractivity contribution in [2.45, 2.75) is 6.92 Å². The third kappa shape index (κ3) is 5.39. The lowest BCUT2D eigenvalue weighted by Crippen LogP contribution is -2.41. The molecule has 102 valence electrons. The molecule has 0 aromatic heterocycles. The highest BCUT2D eigenvalue weighted by Gasteiger charge is 2.11. The summed E-state index contributed by atoms with van der Waals surface area (Å²) in [5.41, 5.74) is 0.273. The Bertz CT molecular complexity index is 473. The maximum atomic E-state index is 11.5. The number of carbonyl (C=O) groups excluding carboxylic acids is 3. The maximum absolute atomic E-state index is 11.5. The molecule has 0 aliphatic carbocycles. The number of esters is 1. The number of imide groups is 1. The molecule has 1 rings (SSSR count). The molecule has 0 spiro atoms. The second-order valence-electron chi connectivity index (χ2n) is 3.49. The minimum Gasteiger partial charge on any atom is -0.452 e. The van der Waals surface area contributed by atoms with Gasteiger partial charge in [-0.2, -0.15) is 0 Å². The molecular weight excluding hydrogens is 272 g/mol. The number of halogens is 1. The van der Waals surface area contributed by atoms with Crippen LogP contribution in [0.2, 0.25) is 5.02 Å². The Kier molecular flexibility index (Phi) is 5.81.